The van der Waals surface area contributed by atoms with E-state index in [-0.39, 0.29) is 38.6 Å². The normalized spacial score (nSPS) is 13.7. The van der Waals surface area contributed by atoms with Gasteiger partial charge in [0.1, 0.15) is 6.61 Å². The summed E-state index contributed by atoms with van der Waals surface area (Å²) in [7, 11) is -4.40. The summed E-state index contributed by atoms with van der Waals surface area (Å²) in [4.78, 5) is 35.5. The smallest absolute Gasteiger partial charge is 0.462 e. The number of nitrogens with two attached hydrogens (primary N) is 1. The Kier molecular flexibility index (Phi) is 75.5. The van der Waals surface area contributed by atoms with Gasteiger partial charge < -0.3 is 20.1 Å². The second-order valence-electron chi connectivity index (χ2n) is 25.8. The van der Waals surface area contributed by atoms with Crippen molar-refractivity contribution in [3.63, 3.8) is 0 Å². The minimum atomic E-state index is -4.40. The predicted octanol–water partition coefficient (Wildman–Crippen LogP) is 26.5. The van der Waals surface area contributed by atoms with E-state index in [9.17, 15) is 19.0 Å². The summed E-state index contributed by atoms with van der Waals surface area (Å²) in [6.07, 6.45) is 114. The average molecular weight is 1340 g/mol. The Morgan fingerprint density at radius 3 is 0.811 bits per heavy atom. The number of carbonyl (C=O) groups excluding carboxylic acids is 2. The molecule has 0 aliphatic rings. The van der Waals surface area contributed by atoms with Crippen LogP contribution in [0.25, 0.3) is 0 Å². The van der Waals surface area contributed by atoms with Gasteiger partial charge in [-0.05, 0) is 116 Å². The van der Waals surface area contributed by atoms with Gasteiger partial charge in [0, 0.05) is 19.4 Å². The minimum Gasteiger partial charge on any atom is -0.462 e. The van der Waals surface area contributed by atoms with E-state index >= 15 is 0 Å². The van der Waals surface area contributed by atoms with Gasteiger partial charge in [0.15, 0.2) is 6.10 Å². The molecule has 0 radical (unpaired) electrons. The van der Waals surface area contributed by atoms with Crippen LogP contribution in [0.3, 0.4) is 0 Å². The summed E-state index contributed by atoms with van der Waals surface area (Å²) >= 11 is 0. The Hall–Kier alpha value is -4.11. The third kappa shape index (κ3) is 78.8. The molecule has 0 saturated heterocycles. The van der Waals surface area contributed by atoms with Gasteiger partial charge in [-0.1, -0.05) is 365 Å². The third-order valence-corrected chi connectivity index (χ3v) is 17.7. The lowest BCUT2D eigenvalue weighted by Gasteiger charge is -2.19. The second-order valence-corrected chi connectivity index (χ2v) is 27.3. The number of rotatable bonds is 73. The molecule has 0 aromatic heterocycles. The van der Waals surface area contributed by atoms with Crippen LogP contribution in [0.15, 0.2) is 146 Å². The summed E-state index contributed by atoms with van der Waals surface area (Å²) in [5, 5.41) is 0. The molecule has 0 amide bonds. The molecule has 3 N–H and O–H groups in total. The largest absolute Gasteiger partial charge is 0.472 e. The quantitative estimate of drug-likeness (QED) is 0.0264. The predicted molar refractivity (Wildman–Crippen MR) is 413 cm³/mol. The van der Waals surface area contributed by atoms with Crippen LogP contribution in [-0.2, 0) is 32.7 Å². The molecular weight excluding hydrogens is 1190 g/mol. The summed E-state index contributed by atoms with van der Waals surface area (Å²) < 4.78 is 33.3. The highest BCUT2D eigenvalue weighted by atomic mass is 31.2. The van der Waals surface area contributed by atoms with Crippen LogP contribution in [0, 0.1) is 0 Å². The van der Waals surface area contributed by atoms with Crippen LogP contribution in [-0.4, -0.2) is 49.3 Å². The summed E-state index contributed by atoms with van der Waals surface area (Å²) in [6.45, 7) is 3.55. The van der Waals surface area contributed by atoms with Crippen molar-refractivity contribution >= 4 is 19.8 Å². The van der Waals surface area contributed by atoms with Gasteiger partial charge in [-0.2, -0.15) is 0 Å². The van der Waals surface area contributed by atoms with Crippen molar-refractivity contribution in [2.24, 2.45) is 5.73 Å². The summed E-state index contributed by atoms with van der Waals surface area (Å²) in [5.74, 6) is -0.820. The average Bonchev–Trinajstić information content (AvgIpc) is 3.32. The Morgan fingerprint density at radius 2 is 0.547 bits per heavy atom. The number of phosphoric acid groups is 1. The first-order valence-electron chi connectivity index (χ1n) is 39.3. The number of carbonyl (C=O) groups is 2. The SMILES string of the molecule is CC/C=C\C/C=C\C/C=C\C/C=C\C/C=C\C/C=C\C/C=C\CCCCCCCCCCCCCCCC(=O)OC(COC(=O)CCCCCCCCCCCCCCCCCCCCCCCCC/C=C\C/C=C\C/C=C\C/C=C\C/C=C\CC)COP(=O)(O)OCCN. The molecule has 0 aliphatic heterocycles. The van der Waals surface area contributed by atoms with E-state index < -0.39 is 26.5 Å². The van der Waals surface area contributed by atoms with Gasteiger partial charge >= 0.3 is 19.8 Å². The maximum Gasteiger partial charge on any atom is 0.472 e. The van der Waals surface area contributed by atoms with Crippen molar-refractivity contribution in [2.75, 3.05) is 26.4 Å². The molecule has 0 saturated carbocycles. The van der Waals surface area contributed by atoms with E-state index in [1.165, 1.54) is 199 Å². The maximum atomic E-state index is 12.8. The van der Waals surface area contributed by atoms with Crippen LogP contribution in [0.1, 0.15) is 348 Å². The van der Waals surface area contributed by atoms with Gasteiger partial charge in [0.05, 0.1) is 13.2 Å². The number of esters is 2. The Bertz CT molecular complexity index is 2080. The molecule has 544 valence electrons. The molecule has 0 rings (SSSR count). The Labute approximate surface area is 586 Å². The first-order valence-corrected chi connectivity index (χ1v) is 40.8. The van der Waals surface area contributed by atoms with E-state index in [1.807, 2.05) is 0 Å². The van der Waals surface area contributed by atoms with E-state index in [0.717, 1.165) is 116 Å². The number of unbranched alkanes of at least 4 members (excludes halogenated alkanes) is 36. The zero-order valence-corrected chi connectivity index (χ0v) is 62.3. The standard InChI is InChI=1S/C85H146NO8P/c1-3-5-7-9-11-13-15-17-19-21-23-25-27-29-31-33-35-37-39-40-41-42-44-45-47-49-51-53-55-57-59-61-63-65-67-69-71-73-75-77-84(87)91-81-83(82-93-95(89,90)92-80-79-86)94-85(88)78-76-74-72-70-68-66-64-62-60-58-56-54-52-50-48-46-43-38-36-34-32-30-28-26-24-22-20-18-16-14-12-10-8-6-4-2/h5-8,11-14,17-20,23-26,29-32,36,38,46,48,83H,3-4,9-10,15-16,21-22,27-28,33-35,37,39-45,47,49-82,86H2,1-2H3,(H,89,90)/b7-5-,8-6-,13-11-,14-12-,19-17-,20-18-,25-23-,26-24-,31-29-,32-30-,38-36-,48-46-. The van der Waals surface area contributed by atoms with Crippen LogP contribution in [0.5, 0.6) is 0 Å². The molecule has 0 bridgehead atoms. The fourth-order valence-corrected chi connectivity index (χ4v) is 11.8. The number of hydrogen-bond donors (Lipinski definition) is 2. The summed E-state index contributed by atoms with van der Waals surface area (Å²) in [5.41, 5.74) is 5.41. The van der Waals surface area contributed by atoms with E-state index in [0.29, 0.717) is 6.42 Å². The molecule has 10 heteroatoms. The summed E-state index contributed by atoms with van der Waals surface area (Å²) in [6, 6.07) is 0. The molecule has 0 aliphatic carbocycles. The molecular formula is C85H146NO8P. The molecule has 9 nitrogen and oxygen atoms in total. The van der Waals surface area contributed by atoms with E-state index in [2.05, 4.69) is 160 Å². The molecule has 0 aromatic carbocycles. The zero-order chi connectivity index (χ0) is 68.6. The molecule has 2 atom stereocenters. The number of phosphoric ester groups is 1. The third-order valence-electron chi connectivity index (χ3n) is 16.7. The van der Waals surface area contributed by atoms with Gasteiger partial charge in [0.25, 0.3) is 0 Å². The molecule has 95 heavy (non-hydrogen) atoms. The van der Waals surface area contributed by atoms with Crippen LogP contribution in [0.2, 0.25) is 0 Å². The zero-order valence-electron chi connectivity index (χ0n) is 61.4. The van der Waals surface area contributed by atoms with Gasteiger partial charge in [-0.25, -0.2) is 4.57 Å². The monoisotopic (exact) mass is 1340 g/mol. The first-order chi connectivity index (χ1) is 46.8. The van der Waals surface area contributed by atoms with Crippen LogP contribution in [0.4, 0.5) is 0 Å². The van der Waals surface area contributed by atoms with Gasteiger partial charge in [-0.15, -0.1) is 0 Å². The van der Waals surface area contributed by atoms with Crippen LogP contribution >= 0.6 is 7.82 Å². The lowest BCUT2D eigenvalue weighted by molar-refractivity contribution is -0.161. The van der Waals surface area contributed by atoms with E-state index in [4.69, 9.17) is 24.3 Å². The highest BCUT2D eigenvalue weighted by Crippen LogP contribution is 2.43. The van der Waals surface area contributed by atoms with Gasteiger partial charge in [-0.3, -0.25) is 18.6 Å². The second kappa shape index (κ2) is 78.9. The van der Waals surface area contributed by atoms with Crippen molar-refractivity contribution in [3.8, 4) is 0 Å². The molecule has 0 spiro atoms. The highest BCUT2D eigenvalue weighted by Gasteiger charge is 2.26. The van der Waals surface area contributed by atoms with E-state index in [1.54, 1.807) is 0 Å². The molecule has 2 unspecified atom stereocenters. The molecule has 0 heterocycles. The van der Waals surface area contributed by atoms with Crippen molar-refractivity contribution in [1.29, 1.82) is 0 Å². The van der Waals surface area contributed by atoms with Crippen molar-refractivity contribution in [2.45, 2.75) is 354 Å². The highest BCUT2D eigenvalue weighted by molar-refractivity contribution is 7.47. The molecule has 0 aromatic rings. The van der Waals surface area contributed by atoms with Crippen molar-refractivity contribution in [1.82, 2.24) is 0 Å². The van der Waals surface area contributed by atoms with Crippen molar-refractivity contribution in [3.05, 3.63) is 146 Å². The van der Waals surface area contributed by atoms with Crippen LogP contribution < -0.4 is 5.73 Å². The number of ether oxygens (including phenoxy) is 2. The number of allylic oxidation sites excluding steroid dienone is 24. The fourth-order valence-electron chi connectivity index (χ4n) is 11.0. The van der Waals surface area contributed by atoms with Crippen molar-refractivity contribution < 1.29 is 37.6 Å². The first kappa shape index (κ1) is 90.9. The minimum absolute atomic E-state index is 0.0497. The number of hydrogen-bond acceptors (Lipinski definition) is 8. The Morgan fingerprint density at radius 1 is 0.316 bits per heavy atom. The fraction of sp³-hybridized carbons (Fsp3) is 0.694. The lowest BCUT2D eigenvalue weighted by Crippen LogP contribution is -2.29. The Balaban J connectivity index is 3.82. The van der Waals surface area contributed by atoms with Gasteiger partial charge in [0.2, 0.25) is 0 Å². The molecule has 0 fully saturated rings. The topological polar surface area (TPSA) is 134 Å². The lowest BCUT2D eigenvalue weighted by atomic mass is 10.0. The maximum absolute atomic E-state index is 12.8.